The minimum Gasteiger partial charge on any atom is -0.330 e. The first-order valence-corrected chi connectivity index (χ1v) is 8.62. The van der Waals surface area contributed by atoms with Crippen molar-refractivity contribution in [1.82, 2.24) is 4.90 Å². The van der Waals surface area contributed by atoms with Gasteiger partial charge < -0.3 is 10.6 Å². The van der Waals surface area contributed by atoms with Crippen LogP contribution in [0.1, 0.15) is 78.1 Å². The summed E-state index contributed by atoms with van der Waals surface area (Å²) < 4.78 is 0. The Hall–Kier alpha value is -0.0800. The standard InChI is InChI=1S/C17H36N2/c1-4-5-6-7-8-11-15(2)19(3)17-13-10-9-12-16(17)14-18/h15-17H,4-14,18H2,1-3H3. The molecule has 0 aromatic carbocycles. The van der Waals surface area contributed by atoms with Gasteiger partial charge in [0.1, 0.15) is 0 Å². The molecule has 1 saturated carbocycles. The lowest BCUT2D eigenvalue weighted by atomic mass is 9.83. The molecule has 19 heavy (non-hydrogen) atoms. The van der Waals surface area contributed by atoms with Gasteiger partial charge in [-0.15, -0.1) is 0 Å². The van der Waals surface area contributed by atoms with Crippen LogP contribution in [0.2, 0.25) is 0 Å². The van der Waals surface area contributed by atoms with Gasteiger partial charge in [-0.1, -0.05) is 51.9 Å². The Kier molecular flexibility index (Phi) is 8.72. The Balaban J connectivity index is 2.27. The van der Waals surface area contributed by atoms with Crippen molar-refractivity contribution in [2.24, 2.45) is 11.7 Å². The molecule has 0 heterocycles. The quantitative estimate of drug-likeness (QED) is 0.635. The lowest BCUT2D eigenvalue weighted by molar-refractivity contribution is 0.0938. The van der Waals surface area contributed by atoms with Crippen LogP contribution in [0.4, 0.5) is 0 Å². The first-order valence-electron chi connectivity index (χ1n) is 8.62. The van der Waals surface area contributed by atoms with Crippen molar-refractivity contribution < 1.29 is 0 Å². The third-order valence-electron chi connectivity index (χ3n) is 5.12. The van der Waals surface area contributed by atoms with Crippen molar-refractivity contribution in [3.63, 3.8) is 0 Å². The molecule has 2 N–H and O–H groups in total. The van der Waals surface area contributed by atoms with Gasteiger partial charge in [-0.2, -0.15) is 0 Å². The van der Waals surface area contributed by atoms with Gasteiger partial charge in [0.25, 0.3) is 0 Å². The minimum absolute atomic E-state index is 0.721. The van der Waals surface area contributed by atoms with E-state index in [4.69, 9.17) is 5.73 Å². The van der Waals surface area contributed by atoms with E-state index in [9.17, 15) is 0 Å². The highest BCUT2D eigenvalue weighted by Crippen LogP contribution is 2.29. The second-order valence-electron chi connectivity index (χ2n) is 6.56. The van der Waals surface area contributed by atoms with Crippen LogP contribution >= 0.6 is 0 Å². The van der Waals surface area contributed by atoms with Crippen LogP contribution in [0.15, 0.2) is 0 Å². The molecule has 0 aliphatic heterocycles. The van der Waals surface area contributed by atoms with Crippen LogP contribution < -0.4 is 5.73 Å². The van der Waals surface area contributed by atoms with Crippen LogP contribution in [0.5, 0.6) is 0 Å². The van der Waals surface area contributed by atoms with E-state index in [1.54, 1.807) is 0 Å². The smallest absolute Gasteiger partial charge is 0.0135 e. The van der Waals surface area contributed by atoms with Gasteiger partial charge in [0.2, 0.25) is 0 Å². The van der Waals surface area contributed by atoms with Crippen LogP contribution in [0.25, 0.3) is 0 Å². The molecule has 0 bridgehead atoms. The van der Waals surface area contributed by atoms with Crippen LogP contribution in [0.3, 0.4) is 0 Å². The first kappa shape index (κ1) is 17.0. The van der Waals surface area contributed by atoms with Crippen LogP contribution in [-0.2, 0) is 0 Å². The Morgan fingerprint density at radius 3 is 2.47 bits per heavy atom. The molecule has 0 spiro atoms. The van der Waals surface area contributed by atoms with E-state index in [0.717, 1.165) is 24.5 Å². The largest absolute Gasteiger partial charge is 0.330 e. The van der Waals surface area contributed by atoms with Gasteiger partial charge in [-0.3, -0.25) is 0 Å². The highest BCUT2D eigenvalue weighted by molar-refractivity contribution is 4.84. The molecule has 1 aliphatic carbocycles. The molecule has 2 heteroatoms. The fourth-order valence-corrected chi connectivity index (χ4v) is 3.57. The highest BCUT2D eigenvalue weighted by atomic mass is 15.2. The Morgan fingerprint density at radius 2 is 1.79 bits per heavy atom. The molecule has 1 fully saturated rings. The topological polar surface area (TPSA) is 29.3 Å². The van der Waals surface area contributed by atoms with E-state index in [1.165, 1.54) is 64.2 Å². The normalized spacial score (nSPS) is 25.7. The van der Waals surface area contributed by atoms with Gasteiger partial charge in [0.05, 0.1) is 0 Å². The molecule has 0 saturated heterocycles. The van der Waals surface area contributed by atoms with E-state index in [0.29, 0.717) is 0 Å². The fraction of sp³-hybridized carbons (Fsp3) is 1.00. The predicted molar refractivity (Wildman–Crippen MR) is 85.4 cm³/mol. The molecule has 0 aromatic rings. The van der Waals surface area contributed by atoms with Crippen molar-refractivity contribution >= 4 is 0 Å². The van der Waals surface area contributed by atoms with E-state index < -0.39 is 0 Å². The molecule has 2 nitrogen and oxygen atoms in total. The van der Waals surface area contributed by atoms with E-state index >= 15 is 0 Å². The molecule has 3 unspecified atom stereocenters. The first-order chi connectivity index (χ1) is 9.20. The molecular weight excluding hydrogens is 232 g/mol. The van der Waals surface area contributed by atoms with Gasteiger partial charge >= 0.3 is 0 Å². The number of unbranched alkanes of at least 4 members (excludes halogenated alkanes) is 4. The Labute approximate surface area is 121 Å². The third kappa shape index (κ3) is 5.83. The summed E-state index contributed by atoms with van der Waals surface area (Å²) in [5.74, 6) is 0.737. The summed E-state index contributed by atoms with van der Waals surface area (Å²) >= 11 is 0. The molecular formula is C17H36N2. The second kappa shape index (κ2) is 9.77. The predicted octanol–water partition coefficient (Wildman–Crippen LogP) is 4.18. The molecule has 1 rings (SSSR count). The summed E-state index contributed by atoms with van der Waals surface area (Å²) in [6.45, 7) is 5.56. The Morgan fingerprint density at radius 1 is 1.11 bits per heavy atom. The highest BCUT2D eigenvalue weighted by Gasteiger charge is 2.29. The summed E-state index contributed by atoms with van der Waals surface area (Å²) in [5.41, 5.74) is 5.96. The molecule has 1 aliphatic rings. The zero-order valence-electron chi connectivity index (χ0n) is 13.5. The van der Waals surface area contributed by atoms with Gasteiger partial charge in [-0.25, -0.2) is 0 Å². The number of nitrogens with zero attached hydrogens (tertiary/aromatic N) is 1. The van der Waals surface area contributed by atoms with Crippen LogP contribution in [-0.4, -0.2) is 30.6 Å². The number of hydrogen-bond acceptors (Lipinski definition) is 2. The average Bonchev–Trinajstić information content (AvgIpc) is 2.46. The second-order valence-corrected chi connectivity index (χ2v) is 6.56. The van der Waals surface area contributed by atoms with E-state index in [1.807, 2.05) is 0 Å². The van der Waals surface area contributed by atoms with Crippen molar-refractivity contribution in [2.75, 3.05) is 13.6 Å². The molecule has 0 amide bonds. The molecule has 3 atom stereocenters. The third-order valence-corrected chi connectivity index (χ3v) is 5.12. The van der Waals surface area contributed by atoms with Crippen molar-refractivity contribution in [3.8, 4) is 0 Å². The molecule has 114 valence electrons. The van der Waals surface area contributed by atoms with Gasteiger partial charge in [-0.05, 0) is 45.7 Å². The zero-order valence-corrected chi connectivity index (χ0v) is 13.5. The van der Waals surface area contributed by atoms with Crippen LogP contribution in [0, 0.1) is 5.92 Å². The summed E-state index contributed by atoms with van der Waals surface area (Å²) in [4.78, 5) is 2.64. The maximum Gasteiger partial charge on any atom is 0.0135 e. The number of hydrogen-bond donors (Lipinski definition) is 1. The lowest BCUT2D eigenvalue weighted by Crippen LogP contribution is -2.46. The van der Waals surface area contributed by atoms with Crippen molar-refractivity contribution in [1.29, 1.82) is 0 Å². The van der Waals surface area contributed by atoms with Gasteiger partial charge in [0.15, 0.2) is 0 Å². The number of nitrogens with two attached hydrogens (primary N) is 1. The Bertz CT molecular complexity index is 217. The van der Waals surface area contributed by atoms with Gasteiger partial charge in [0, 0.05) is 12.1 Å². The fourth-order valence-electron chi connectivity index (χ4n) is 3.57. The minimum atomic E-state index is 0.721. The summed E-state index contributed by atoms with van der Waals surface area (Å²) in [6.07, 6.45) is 13.8. The summed E-state index contributed by atoms with van der Waals surface area (Å²) in [7, 11) is 2.33. The lowest BCUT2D eigenvalue weighted by Gasteiger charge is -2.40. The maximum atomic E-state index is 5.96. The SMILES string of the molecule is CCCCCCCC(C)N(C)C1CCCCC1CN. The number of rotatable bonds is 9. The molecule has 0 radical (unpaired) electrons. The monoisotopic (exact) mass is 268 g/mol. The zero-order chi connectivity index (χ0) is 14.1. The van der Waals surface area contributed by atoms with E-state index in [-0.39, 0.29) is 0 Å². The summed E-state index contributed by atoms with van der Waals surface area (Å²) in [5, 5.41) is 0. The average molecular weight is 268 g/mol. The van der Waals surface area contributed by atoms with E-state index in [2.05, 4.69) is 25.8 Å². The summed E-state index contributed by atoms with van der Waals surface area (Å²) in [6, 6.07) is 1.46. The molecule has 0 aromatic heterocycles. The van der Waals surface area contributed by atoms with Crippen molar-refractivity contribution in [3.05, 3.63) is 0 Å². The maximum absolute atomic E-state index is 5.96. The van der Waals surface area contributed by atoms with Crippen molar-refractivity contribution in [2.45, 2.75) is 90.1 Å².